The Morgan fingerprint density at radius 2 is 2.09 bits per heavy atom. The number of carbonyl (C=O) groups is 2. The normalized spacial score (nSPS) is 17.0. The van der Waals surface area contributed by atoms with Crippen LogP contribution < -0.4 is 4.74 Å². The molecule has 23 heavy (non-hydrogen) atoms. The van der Waals surface area contributed by atoms with E-state index in [1.54, 1.807) is 20.2 Å². The van der Waals surface area contributed by atoms with Gasteiger partial charge in [-0.3, -0.25) is 19.7 Å². The average molecular weight is 321 g/mol. The number of likely N-dealkylation sites (N-methyl/N-ethyl adjacent to an activating group) is 1. The third kappa shape index (κ3) is 3.77. The molecular weight excluding hydrogens is 302 g/mol. The Hall–Kier alpha value is -2.64. The molecule has 124 valence electrons. The van der Waals surface area contributed by atoms with Crippen LogP contribution in [-0.2, 0) is 9.59 Å². The van der Waals surface area contributed by atoms with Gasteiger partial charge in [-0.05, 0) is 18.9 Å². The van der Waals surface area contributed by atoms with E-state index in [0.29, 0.717) is 13.0 Å². The highest BCUT2D eigenvalue weighted by Gasteiger charge is 2.35. The number of hydrogen-bond acceptors (Lipinski definition) is 5. The van der Waals surface area contributed by atoms with E-state index in [4.69, 9.17) is 4.74 Å². The van der Waals surface area contributed by atoms with Gasteiger partial charge in [-0.25, -0.2) is 0 Å². The first-order chi connectivity index (χ1) is 10.9. The van der Waals surface area contributed by atoms with Crippen LogP contribution in [0.15, 0.2) is 24.3 Å². The first-order valence-corrected chi connectivity index (χ1v) is 7.28. The van der Waals surface area contributed by atoms with Crippen LogP contribution in [-0.4, -0.2) is 59.8 Å². The second kappa shape index (κ2) is 7.08. The van der Waals surface area contributed by atoms with Gasteiger partial charge in [-0.15, -0.1) is 0 Å². The van der Waals surface area contributed by atoms with Gasteiger partial charge in [-0.2, -0.15) is 0 Å². The van der Waals surface area contributed by atoms with Crippen molar-refractivity contribution in [1.29, 1.82) is 0 Å². The van der Waals surface area contributed by atoms with Gasteiger partial charge in [0.25, 0.3) is 5.91 Å². The van der Waals surface area contributed by atoms with Crippen LogP contribution >= 0.6 is 0 Å². The zero-order valence-corrected chi connectivity index (χ0v) is 13.1. The van der Waals surface area contributed by atoms with Crippen LogP contribution in [0.4, 0.5) is 5.69 Å². The topological polar surface area (TPSA) is 93.0 Å². The molecule has 8 nitrogen and oxygen atoms in total. The van der Waals surface area contributed by atoms with E-state index < -0.39 is 11.0 Å². The number of benzene rings is 1. The van der Waals surface area contributed by atoms with Crippen molar-refractivity contribution in [1.82, 2.24) is 9.80 Å². The fraction of sp³-hybridized carbons (Fsp3) is 0.467. The molecule has 1 aromatic carbocycles. The van der Waals surface area contributed by atoms with Crippen LogP contribution in [0.1, 0.15) is 12.8 Å². The second-order valence-electron chi connectivity index (χ2n) is 5.49. The van der Waals surface area contributed by atoms with Crippen molar-refractivity contribution in [2.24, 2.45) is 0 Å². The fourth-order valence-corrected chi connectivity index (χ4v) is 2.57. The third-order valence-corrected chi connectivity index (χ3v) is 3.71. The maximum atomic E-state index is 12.3. The van der Waals surface area contributed by atoms with Crippen molar-refractivity contribution in [3.05, 3.63) is 34.4 Å². The number of nitro groups is 1. The second-order valence-corrected chi connectivity index (χ2v) is 5.49. The Kier molecular flexibility index (Phi) is 5.15. The summed E-state index contributed by atoms with van der Waals surface area (Å²) in [4.78, 5) is 37.7. The quantitative estimate of drug-likeness (QED) is 0.597. The highest BCUT2D eigenvalue weighted by atomic mass is 16.6. The predicted molar refractivity (Wildman–Crippen MR) is 82.0 cm³/mol. The molecule has 0 radical (unpaired) electrons. The Morgan fingerprint density at radius 1 is 1.39 bits per heavy atom. The zero-order valence-electron chi connectivity index (χ0n) is 13.1. The summed E-state index contributed by atoms with van der Waals surface area (Å²) in [5, 5.41) is 10.9. The summed E-state index contributed by atoms with van der Waals surface area (Å²) >= 11 is 0. The molecule has 0 saturated carbocycles. The lowest BCUT2D eigenvalue weighted by molar-refractivity contribution is -0.385. The Morgan fingerprint density at radius 3 is 2.74 bits per heavy atom. The molecule has 1 fully saturated rings. The van der Waals surface area contributed by atoms with E-state index in [0.717, 1.165) is 6.42 Å². The van der Waals surface area contributed by atoms with Crippen molar-refractivity contribution in [2.45, 2.75) is 18.9 Å². The molecule has 2 amide bonds. The number of hydrogen-bond donors (Lipinski definition) is 0. The molecule has 1 aliphatic heterocycles. The van der Waals surface area contributed by atoms with Crippen molar-refractivity contribution in [3.8, 4) is 5.75 Å². The highest BCUT2D eigenvalue weighted by Crippen LogP contribution is 2.26. The van der Waals surface area contributed by atoms with E-state index in [2.05, 4.69) is 0 Å². The zero-order chi connectivity index (χ0) is 17.0. The molecule has 1 aliphatic rings. The summed E-state index contributed by atoms with van der Waals surface area (Å²) in [5.74, 6) is -0.428. The number of likely N-dealkylation sites (tertiary alicyclic amines) is 1. The molecule has 8 heteroatoms. The van der Waals surface area contributed by atoms with E-state index >= 15 is 0 Å². The number of nitrogens with zero attached hydrogens (tertiary/aromatic N) is 3. The monoisotopic (exact) mass is 321 g/mol. The maximum Gasteiger partial charge on any atom is 0.310 e. The fourth-order valence-electron chi connectivity index (χ4n) is 2.57. The number of para-hydroxylation sites is 2. The standard InChI is InChI=1S/C15H19N3O5/c1-16(2)15(20)12-7-5-9-17(12)14(19)10-23-13-8-4-3-6-11(13)18(21)22/h3-4,6,8,12H,5,7,9-10H2,1-2H3. The molecule has 1 atom stereocenters. The lowest BCUT2D eigenvalue weighted by Crippen LogP contribution is -2.46. The third-order valence-electron chi connectivity index (χ3n) is 3.71. The van der Waals surface area contributed by atoms with Crippen LogP contribution in [0.25, 0.3) is 0 Å². The number of amides is 2. The molecule has 0 bridgehead atoms. The largest absolute Gasteiger partial charge is 0.477 e. The Bertz CT molecular complexity index is 617. The van der Waals surface area contributed by atoms with Gasteiger partial charge < -0.3 is 14.5 Å². The molecule has 1 saturated heterocycles. The molecule has 1 heterocycles. The van der Waals surface area contributed by atoms with Crippen LogP contribution in [0, 0.1) is 10.1 Å². The highest BCUT2D eigenvalue weighted by molar-refractivity contribution is 5.88. The van der Waals surface area contributed by atoms with Gasteiger partial charge in [0.15, 0.2) is 12.4 Å². The maximum absolute atomic E-state index is 12.3. The molecular formula is C15H19N3O5. The van der Waals surface area contributed by atoms with Crippen LogP contribution in [0.2, 0.25) is 0 Å². The van der Waals surface area contributed by atoms with E-state index in [9.17, 15) is 19.7 Å². The summed E-state index contributed by atoms with van der Waals surface area (Å²) in [6, 6.07) is 5.40. The van der Waals surface area contributed by atoms with Gasteiger partial charge in [0.1, 0.15) is 6.04 Å². The SMILES string of the molecule is CN(C)C(=O)C1CCCN1C(=O)COc1ccccc1[N+](=O)[O-]. The molecule has 2 rings (SSSR count). The van der Waals surface area contributed by atoms with Gasteiger partial charge in [-0.1, -0.05) is 12.1 Å². The number of ether oxygens (including phenoxy) is 1. The summed E-state index contributed by atoms with van der Waals surface area (Å²) in [5.41, 5.74) is -0.192. The lowest BCUT2D eigenvalue weighted by atomic mass is 10.2. The van der Waals surface area contributed by atoms with E-state index in [1.165, 1.54) is 28.0 Å². The minimum Gasteiger partial charge on any atom is -0.477 e. The first-order valence-electron chi connectivity index (χ1n) is 7.28. The van der Waals surface area contributed by atoms with Crippen molar-refractivity contribution < 1.29 is 19.2 Å². The molecule has 0 aliphatic carbocycles. The van der Waals surface area contributed by atoms with Crippen molar-refractivity contribution in [3.63, 3.8) is 0 Å². The van der Waals surface area contributed by atoms with Crippen molar-refractivity contribution in [2.75, 3.05) is 27.2 Å². The number of carbonyl (C=O) groups excluding carboxylic acids is 2. The Balaban J connectivity index is 2.02. The van der Waals surface area contributed by atoms with Crippen LogP contribution in [0.5, 0.6) is 5.75 Å². The summed E-state index contributed by atoms with van der Waals surface area (Å²) in [6.45, 7) is 0.158. The van der Waals surface area contributed by atoms with Gasteiger partial charge in [0.2, 0.25) is 5.91 Å². The molecule has 1 unspecified atom stereocenters. The number of rotatable bonds is 5. The molecule has 0 aromatic heterocycles. The summed E-state index contributed by atoms with van der Waals surface area (Å²) in [6.07, 6.45) is 1.37. The molecule has 0 N–H and O–H groups in total. The lowest BCUT2D eigenvalue weighted by Gasteiger charge is -2.26. The first kappa shape index (κ1) is 16.7. The van der Waals surface area contributed by atoms with Gasteiger partial charge in [0.05, 0.1) is 4.92 Å². The number of nitro benzene ring substituents is 1. The van der Waals surface area contributed by atoms with Gasteiger partial charge in [0, 0.05) is 26.7 Å². The van der Waals surface area contributed by atoms with E-state index in [1.807, 2.05) is 0 Å². The van der Waals surface area contributed by atoms with Crippen LogP contribution in [0.3, 0.4) is 0 Å². The summed E-state index contributed by atoms with van der Waals surface area (Å²) < 4.78 is 5.30. The molecule has 1 aromatic rings. The average Bonchev–Trinajstić information content (AvgIpc) is 3.01. The minimum atomic E-state index is -0.561. The smallest absolute Gasteiger partial charge is 0.310 e. The predicted octanol–water partition coefficient (Wildman–Crippen LogP) is 1.05. The molecule has 0 spiro atoms. The van der Waals surface area contributed by atoms with E-state index in [-0.39, 0.29) is 29.9 Å². The summed E-state index contributed by atoms with van der Waals surface area (Å²) in [7, 11) is 3.29. The van der Waals surface area contributed by atoms with Crippen molar-refractivity contribution >= 4 is 17.5 Å². The Labute approximate surface area is 133 Å². The van der Waals surface area contributed by atoms with Gasteiger partial charge >= 0.3 is 5.69 Å². The minimum absolute atomic E-state index is 0.0422.